The van der Waals surface area contributed by atoms with E-state index in [0.29, 0.717) is 31.1 Å². The summed E-state index contributed by atoms with van der Waals surface area (Å²) in [6.07, 6.45) is 2.18. The number of pyridine rings is 1. The number of rotatable bonds is 4. The van der Waals surface area contributed by atoms with Gasteiger partial charge in [0, 0.05) is 18.3 Å². The van der Waals surface area contributed by atoms with E-state index in [-0.39, 0.29) is 42.5 Å². The van der Waals surface area contributed by atoms with E-state index < -0.39 is 0 Å². The summed E-state index contributed by atoms with van der Waals surface area (Å²) in [6.45, 7) is 0.941. The van der Waals surface area contributed by atoms with Crippen molar-refractivity contribution >= 4 is 35.8 Å². The second-order valence-electron chi connectivity index (χ2n) is 5.02. The molecule has 0 atom stereocenters. The Hall–Kier alpha value is -1.94. The fourth-order valence-corrected chi connectivity index (χ4v) is 2.35. The van der Waals surface area contributed by atoms with E-state index in [1.165, 1.54) is 12.1 Å². The van der Waals surface area contributed by atoms with Crippen molar-refractivity contribution in [3.05, 3.63) is 53.5 Å². The van der Waals surface area contributed by atoms with Crippen LogP contribution in [0.25, 0.3) is 0 Å². The summed E-state index contributed by atoms with van der Waals surface area (Å²) in [4.78, 5) is 8.33. The fourth-order valence-electron chi connectivity index (χ4n) is 2.35. The second-order valence-corrected chi connectivity index (χ2v) is 5.02. The third-order valence-electron chi connectivity index (χ3n) is 3.34. The maximum absolute atomic E-state index is 13.6. The minimum Gasteiger partial charge on any atom is -0.467 e. The molecule has 0 spiro atoms. The van der Waals surface area contributed by atoms with Crippen molar-refractivity contribution < 1.29 is 13.9 Å². The average Bonchev–Trinajstić information content (AvgIpc) is 2.55. The van der Waals surface area contributed by atoms with E-state index in [1.807, 2.05) is 12.1 Å². The summed E-state index contributed by atoms with van der Waals surface area (Å²) < 4.78 is 24.3. The van der Waals surface area contributed by atoms with E-state index in [4.69, 9.17) is 15.2 Å². The molecule has 0 aliphatic carbocycles. The number of halogens is 2. The molecule has 0 fully saturated rings. The molecule has 2 heterocycles. The molecule has 0 saturated heterocycles. The topological polar surface area (TPSA) is 81.8 Å². The summed E-state index contributed by atoms with van der Waals surface area (Å²) in [7, 11) is 0. The lowest BCUT2D eigenvalue weighted by Gasteiger charge is -2.20. The predicted octanol–water partition coefficient (Wildman–Crippen LogP) is 2.67. The highest BCUT2D eigenvalue weighted by Crippen LogP contribution is 2.29. The Morgan fingerprint density at radius 3 is 3.04 bits per heavy atom. The number of benzene rings is 1. The quantitative estimate of drug-likeness (QED) is 0.431. The van der Waals surface area contributed by atoms with Gasteiger partial charge in [-0.1, -0.05) is 6.07 Å². The van der Waals surface area contributed by atoms with E-state index in [0.717, 1.165) is 11.1 Å². The maximum atomic E-state index is 13.6. The van der Waals surface area contributed by atoms with Gasteiger partial charge in [0.2, 0.25) is 0 Å². The van der Waals surface area contributed by atoms with E-state index in [9.17, 15) is 4.39 Å². The van der Waals surface area contributed by atoms with Crippen LogP contribution >= 0.6 is 24.0 Å². The van der Waals surface area contributed by atoms with Crippen LogP contribution in [0.15, 0.2) is 41.5 Å². The van der Waals surface area contributed by atoms with Gasteiger partial charge in [0.1, 0.15) is 17.4 Å². The smallest absolute Gasteiger partial charge is 0.194 e. The van der Waals surface area contributed by atoms with Gasteiger partial charge in [-0.15, -0.1) is 24.0 Å². The number of nitrogens with one attached hydrogen (secondary N) is 1. The molecule has 1 aromatic heterocycles. The molecule has 0 amide bonds. The molecule has 2 aromatic rings. The van der Waals surface area contributed by atoms with Crippen molar-refractivity contribution in [3.63, 3.8) is 0 Å². The Morgan fingerprint density at radius 2 is 2.25 bits per heavy atom. The molecule has 24 heavy (non-hydrogen) atoms. The molecular weight excluding hydrogens is 426 g/mol. The van der Waals surface area contributed by atoms with Gasteiger partial charge in [0.05, 0.1) is 6.61 Å². The van der Waals surface area contributed by atoms with Gasteiger partial charge >= 0.3 is 0 Å². The molecule has 8 heteroatoms. The summed E-state index contributed by atoms with van der Waals surface area (Å²) >= 11 is 0. The SMILES string of the molecule is I.NC(=NCCc1cc(F)cc2c1OCOC2)Nc1ccccn1. The molecule has 0 saturated carbocycles. The Morgan fingerprint density at radius 1 is 1.38 bits per heavy atom. The number of hydrogen-bond acceptors (Lipinski definition) is 4. The first kappa shape index (κ1) is 18.4. The van der Waals surface area contributed by atoms with Crippen LogP contribution in [0.4, 0.5) is 10.2 Å². The van der Waals surface area contributed by atoms with Gasteiger partial charge in [-0.3, -0.25) is 4.99 Å². The van der Waals surface area contributed by atoms with Crippen LogP contribution in [0.3, 0.4) is 0 Å². The van der Waals surface area contributed by atoms with Crippen LogP contribution in [0.2, 0.25) is 0 Å². The van der Waals surface area contributed by atoms with Crippen LogP contribution < -0.4 is 15.8 Å². The molecule has 1 aromatic carbocycles. The molecular formula is C16H18FIN4O2. The van der Waals surface area contributed by atoms with Crippen molar-refractivity contribution in [1.29, 1.82) is 0 Å². The standard InChI is InChI=1S/C16H17FN4O2.HI/c17-13-7-11(15-12(8-13)9-22-10-23-15)4-6-20-16(18)21-14-3-1-2-5-19-14;/h1-3,5,7-8H,4,6,9-10H2,(H3,18,19,20,21);1H. The minimum atomic E-state index is -0.309. The summed E-state index contributed by atoms with van der Waals surface area (Å²) in [6, 6.07) is 8.34. The third kappa shape index (κ3) is 4.78. The van der Waals surface area contributed by atoms with Gasteiger partial charge in [-0.25, -0.2) is 9.37 Å². The molecule has 1 aliphatic heterocycles. The Balaban J connectivity index is 0.00000208. The largest absolute Gasteiger partial charge is 0.467 e. The zero-order chi connectivity index (χ0) is 16.1. The number of nitrogens with two attached hydrogens (primary N) is 1. The highest BCUT2D eigenvalue weighted by atomic mass is 127. The van der Waals surface area contributed by atoms with E-state index >= 15 is 0 Å². The second kappa shape index (κ2) is 8.78. The summed E-state index contributed by atoms with van der Waals surface area (Å²) in [5, 5.41) is 2.89. The molecule has 3 rings (SSSR count). The van der Waals surface area contributed by atoms with Gasteiger partial charge in [-0.2, -0.15) is 0 Å². The lowest BCUT2D eigenvalue weighted by Crippen LogP contribution is -2.23. The molecule has 6 nitrogen and oxygen atoms in total. The minimum absolute atomic E-state index is 0. The zero-order valence-electron chi connectivity index (χ0n) is 12.9. The Kier molecular flexibility index (Phi) is 6.73. The number of ether oxygens (including phenoxy) is 2. The Labute approximate surface area is 156 Å². The normalized spacial score (nSPS) is 13.5. The predicted molar refractivity (Wildman–Crippen MR) is 100 cm³/mol. The van der Waals surface area contributed by atoms with Gasteiger partial charge in [-0.05, 0) is 36.2 Å². The first-order valence-electron chi connectivity index (χ1n) is 7.22. The van der Waals surface area contributed by atoms with Crippen LogP contribution in [0.5, 0.6) is 5.75 Å². The van der Waals surface area contributed by atoms with Crippen LogP contribution in [0.1, 0.15) is 11.1 Å². The third-order valence-corrected chi connectivity index (χ3v) is 3.34. The first-order chi connectivity index (χ1) is 11.2. The monoisotopic (exact) mass is 444 g/mol. The van der Waals surface area contributed by atoms with Crippen molar-refractivity contribution in [3.8, 4) is 5.75 Å². The number of aliphatic imine (C=N–C) groups is 1. The van der Waals surface area contributed by atoms with Crippen molar-refractivity contribution in [2.24, 2.45) is 10.7 Å². The van der Waals surface area contributed by atoms with Crippen LogP contribution in [-0.4, -0.2) is 24.3 Å². The van der Waals surface area contributed by atoms with Gasteiger partial charge < -0.3 is 20.5 Å². The number of anilines is 1. The molecule has 0 unspecified atom stereocenters. The van der Waals surface area contributed by atoms with Crippen LogP contribution in [-0.2, 0) is 17.8 Å². The lowest BCUT2D eigenvalue weighted by atomic mass is 10.1. The van der Waals surface area contributed by atoms with E-state index in [1.54, 1.807) is 12.3 Å². The fraction of sp³-hybridized carbons (Fsp3) is 0.250. The number of aromatic nitrogens is 1. The number of nitrogens with zero attached hydrogens (tertiary/aromatic N) is 2. The summed E-state index contributed by atoms with van der Waals surface area (Å²) in [5.74, 6) is 1.26. The van der Waals surface area contributed by atoms with Crippen molar-refractivity contribution in [1.82, 2.24) is 4.98 Å². The summed E-state index contributed by atoms with van der Waals surface area (Å²) in [5.41, 5.74) is 7.29. The zero-order valence-corrected chi connectivity index (χ0v) is 15.2. The van der Waals surface area contributed by atoms with Gasteiger partial charge in [0.25, 0.3) is 0 Å². The highest BCUT2D eigenvalue weighted by Gasteiger charge is 2.16. The van der Waals surface area contributed by atoms with E-state index in [2.05, 4.69) is 15.3 Å². The lowest BCUT2D eigenvalue weighted by molar-refractivity contribution is -0.0172. The first-order valence-corrected chi connectivity index (χ1v) is 7.22. The number of hydrogen-bond donors (Lipinski definition) is 2. The molecule has 128 valence electrons. The maximum Gasteiger partial charge on any atom is 0.194 e. The van der Waals surface area contributed by atoms with Crippen LogP contribution in [0, 0.1) is 5.82 Å². The molecule has 0 bridgehead atoms. The van der Waals surface area contributed by atoms with Crippen molar-refractivity contribution in [2.45, 2.75) is 13.0 Å². The number of fused-ring (bicyclic) bond motifs is 1. The number of guanidine groups is 1. The van der Waals surface area contributed by atoms with Crippen molar-refractivity contribution in [2.75, 3.05) is 18.7 Å². The average molecular weight is 444 g/mol. The molecule has 3 N–H and O–H groups in total. The molecule has 1 aliphatic rings. The highest BCUT2D eigenvalue weighted by molar-refractivity contribution is 14.0. The Bertz CT molecular complexity index is 713. The van der Waals surface area contributed by atoms with Gasteiger partial charge in [0.15, 0.2) is 12.8 Å². The molecule has 0 radical (unpaired) electrons.